The number of esters is 1. The number of carbonyl (C=O) groups is 4. The van der Waals surface area contributed by atoms with E-state index in [0.717, 1.165) is 22.0 Å². The third kappa shape index (κ3) is 3.63. The summed E-state index contributed by atoms with van der Waals surface area (Å²) in [5.41, 5.74) is 1.53. The van der Waals surface area contributed by atoms with Crippen LogP contribution in [0.3, 0.4) is 0 Å². The van der Waals surface area contributed by atoms with Crippen LogP contribution >= 0.6 is 0 Å². The molecule has 0 N–H and O–H groups in total. The van der Waals surface area contributed by atoms with Gasteiger partial charge in [0.25, 0.3) is 0 Å². The van der Waals surface area contributed by atoms with Gasteiger partial charge in [-0.25, -0.2) is 4.90 Å². The molecule has 4 aromatic rings. The van der Waals surface area contributed by atoms with Gasteiger partial charge in [0, 0.05) is 18.5 Å². The van der Waals surface area contributed by atoms with Crippen LogP contribution in [0, 0.1) is 11.8 Å². The topological polar surface area (TPSA) is 88.9 Å². The Labute approximate surface area is 237 Å². The average molecular weight is 548 g/mol. The van der Waals surface area contributed by atoms with Crippen molar-refractivity contribution in [3.05, 3.63) is 102 Å². The van der Waals surface area contributed by atoms with Crippen LogP contribution in [0.2, 0.25) is 0 Å². The zero-order valence-electron chi connectivity index (χ0n) is 22.6. The molecule has 0 radical (unpaired) electrons. The molecule has 41 heavy (non-hydrogen) atoms. The highest BCUT2D eigenvalue weighted by Crippen LogP contribution is 2.60. The van der Waals surface area contributed by atoms with E-state index < -0.39 is 29.4 Å². The first-order valence-electron chi connectivity index (χ1n) is 13.9. The van der Waals surface area contributed by atoms with Crippen molar-refractivity contribution in [2.45, 2.75) is 38.0 Å². The summed E-state index contributed by atoms with van der Waals surface area (Å²) >= 11 is 0. The maximum absolute atomic E-state index is 14.3. The van der Waals surface area contributed by atoms with Gasteiger partial charge in [-0.2, -0.15) is 0 Å². The van der Waals surface area contributed by atoms with E-state index in [9.17, 15) is 19.2 Å². The summed E-state index contributed by atoms with van der Waals surface area (Å²) in [5, 5.41) is 0.824. The number of nitrogens with zero attached hydrogens (tertiary/aromatic N) is 3. The van der Waals surface area contributed by atoms with Gasteiger partial charge in [0.15, 0.2) is 0 Å². The number of benzene rings is 3. The van der Waals surface area contributed by atoms with E-state index in [1.807, 2.05) is 65.6 Å². The maximum atomic E-state index is 14.3. The van der Waals surface area contributed by atoms with Crippen LogP contribution in [0.5, 0.6) is 0 Å². The second-order valence-corrected chi connectivity index (χ2v) is 11.1. The van der Waals surface area contributed by atoms with Gasteiger partial charge in [0.2, 0.25) is 17.7 Å². The first-order valence-corrected chi connectivity index (χ1v) is 13.9. The molecule has 1 aromatic heterocycles. The molecule has 0 aliphatic carbocycles. The number of para-hydroxylation sites is 2. The number of carbonyl (C=O) groups excluding carboxylic acids is 4. The van der Waals surface area contributed by atoms with Crippen LogP contribution in [0.15, 0.2) is 91.1 Å². The molecular formula is C33H29N3O5. The van der Waals surface area contributed by atoms with Crippen molar-refractivity contribution in [1.29, 1.82) is 0 Å². The van der Waals surface area contributed by atoms with E-state index in [0.29, 0.717) is 25.1 Å². The van der Waals surface area contributed by atoms with Crippen molar-refractivity contribution in [2.75, 3.05) is 11.4 Å². The average Bonchev–Trinajstić information content (AvgIpc) is 3.72. The summed E-state index contributed by atoms with van der Waals surface area (Å²) in [6.45, 7) is 2.10. The monoisotopic (exact) mass is 547 g/mol. The zero-order valence-corrected chi connectivity index (χ0v) is 22.6. The van der Waals surface area contributed by atoms with Gasteiger partial charge < -0.3 is 4.74 Å². The molecule has 8 heteroatoms. The first-order chi connectivity index (χ1) is 19.9. The van der Waals surface area contributed by atoms with Crippen LogP contribution < -0.4 is 4.90 Å². The van der Waals surface area contributed by atoms with Crippen molar-refractivity contribution in [3.63, 3.8) is 0 Å². The van der Waals surface area contributed by atoms with Crippen LogP contribution in [-0.2, 0) is 25.7 Å². The Balaban J connectivity index is 1.39. The number of hydrogen-bond acceptors (Lipinski definition) is 6. The highest BCUT2D eigenvalue weighted by molar-refractivity contribution is 6.24. The Bertz CT molecular complexity index is 1700. The van der Waals surface area contributed by atoms with Gasteiger partial charge in [-0.1, -0.05) is 66.7 Å². The highest BCUT2D eigenvalue weighted by Gasteiger charge is 2.74. The number of ether oxygens (including phenoxy) is 1. The van der Waals surface area contributed by atoms with Gasteiger partial charge in [-0.3, -0.25) is 28.6 Å². The summed E-state index contributed by atoms with van der Waals surface area (Å²) in [5.74, 6) is -3.07. The smallest absolute Gasteiger partial charge is 0.327 e. The number of fused-ring (bicyclic) bond motifs is 4. The van der Waals surface area contributed by atoms with Crippen molar-refractivity contribution in [3.8, 4) is 0 Å². The van der Waals surface area contributed by atoms with Crippen molar-refractivity contribution in [1.82, 2.24) is 9.47 Å². The fourth-order valence-corrected chi connectivity index (χ4v) is 7.38. The molecule has 206 valence electrons. The molecule has 2 amide bonds. The van der Waals surface area contributed by atoms with E-state index >= 15 is 0 Å². The molecular weight excluding hydrogens is 518 g/mol. The van der Waals surface area contributed by atoms with Crippen LogP contribution in [0.4, 0.5) is 5.69 Å². The normalized spacial score (nSPS) is 25.5. The van der Waals surface area contributed by atoms with Gasteiger partial charge >= 0.3 is 5.97 Å². The number of aromatic nitrogens is 1. The van der Waals surface area contributed by atoms with Gasteiger partial charge in [-0.15, -0.1) is 0 Å². The lowest BCUT2D eigenvalue weighted by Gasteiger charge is -2.36. The van der Waals surface area contributed by atoms with Gasteiger partial charge in [-0.05, 0) is 48.7 Å². The predicted molar refractivity (Wildman–Crippen MR) is 152 cm³/mol. The molecule has 3 aliphatic rings. The molecule has 3 saturated heterocycles. The molecule has 7 rings (SSSR count). The Hall–Kier alpha value is -4.56. The van der Waals surface area contributed by atoms with E-state index in [1.165, 1.54) is 11.8 Å². The third-order valence-corrected chi connectivity index (χ3v) is 8.99. The Kier molecular flexibility index (Phi) is 5.90. The standard InChI is InChI=1S/C33H29N3O5/c1-21(37)34-19-25(24-15-8-9-16-26(24)34)29-27-28(31(39)36(30(27)38)23-13-6-3-7-14-23)33(17-10-18-35(29)33)32(40)41-20-22-11-4-2-5-12-22/h2-9,11-16,19,27-29H,10,17-18,20H2,1H3/t27-,28+,29-,33+/m1/s1. The molecule has 3 aromatic carbocycles. The van der Waals surface area contributed by atoms with E-state index in [2.05, 4.69) is 0 Å². The molecule has 0 bridgehead atoms. The predicted octanol–water partition coefficient (Wildman–Crippen LogP) is 4.74. The molecule has 3 fully saturated rings. The second-order valence-electron chi connectivity index (χ2n) is 11.1. The molecule has 8 nitrogen and oxygen atoms in total. The van der Waals surface area contributed by atoms with Gasteiger partial charge in [0.05, 0.1) is 29.1 Å². The third-order valence-electron chi connectivity index (χ3n) is 8.99. The Morgan fingerprint density at radius 1 is 0.902 bits per heavy atom. The van der Waals surface area contributed by atoms with Crippen molar-refractivity contribution < 1.29 is 23.9 Å². The lowest BCUT2D eigenvalue weighted by atomic mass is 9.77. The Morgan fingerprint density at radius 2 is 1.59 bits per heavy atom. The fourth-order valence-electron chi connectivity index (χ4n) is 7.38. The summed E-state index contributed by atoms with van der Waals surface area (Å²) in [6.07, 6.45) is 2.87. The largest absolute Gasteiger partial charge is 0.459 e. The number of rotatable bonds is 5. The zero-order chi connectivity index (χ0) is 28.3. The minimum atomic E-state index is -1.29. The van der Waals surface area contributed by atoms with E-state index in [1.54, 1.807) is 35.0 Å². The summed E-state index contributed by atoms with van der Waals surface area (Å²) in [6, 6.07) is 25.3. The van der Waals surface area contributed by atoms with Crippen molar-refractivity contribution >= 4 is 40.3 Å². The van der Waals surface area contributed by atoms with Gasteiger partial charge in [0.1, 0.15) is 12.1 Å². The summed E-state index contributed by atoms with van der Waals surface area (Å²) in [7, 11) is 0. The minimum Gasteiger partial charge on any atom is -0.459 e. The first kappa shape index (κ1) is 25.4. The molecule has 4 atom stereocenters. The quantitative estimate of drug-likeness (QED) is 0.265. The number of amides is 2. The molecule has 0 spiro atoms. The number of anilines is 1. The van der Waals surface area contributed by atoms with Crippen molar-refractivity contribution in [2.24, 2.45) is 11.8 Å². The van der Waals surface area contributed by atoms with Crippen LogP contribution in [0.25, 0.3) is 10.9 Å². The lowest BCUT2D eigenvalue weighted by Crippen LogP contribution is -2.54. The van der Waals surface area contributed by atoms with Crippen LogP contribution in [-0.4, -0.2) is 45.2 Å². The van der Waals surface area contributed by atoms with Crippen LogP contribution in [0.1, 0.15) is 41.7 Å². The Morgan fingerprint density at radius 3 is 2.32 bits per heavy atom. The molecule has 3 aliphatic heterocycles. The second kappa shape index (κ2) is 9.52. The fraction of sp³-hybridized carbons (Fsp3) is 0.273. The molecule has 0 saturated carbocycles. The maximum Gasteiger partial charge on any atom is 0.327 e. The SMILES string of the molecule is CC(=O)n1cc([C@@H]2[C@@H]3C(=O)N(c4ccccc4)C(=O)[C@H]3[C@]3(C(=O)OCc4ccccc4)CCCN23)c2ccccc21. The van der Waals surface area contributed by atoms with E-state index in [4.69, 9.17) is 4.74 Å². The molecule has 0 unspecified atom stereocenters. The number of hydrogen-bond donors (Lipinski definition) is 0. The summed E-state index contributed by atoms with van der Waals surface area (Å²) in [4.78, 5) is 58.7. The molecule has 4 heterocycles. The lowest BCUT2D eigenvalue weighted by molar-refractivity contribution is -0.161. The highest BCUT2D eigenvalue weighted by atomic mass is 16.5. The number of imide groups is 1. The minimum absolute atomic E-state index is 0.0749. The van der Waals surface area contributed by atoms with E-state index in [-0.39, 0.29) is 24.3 Å². The summed E-state index contributed by atoms with van der Waals surface area (Å²) < 4.78 is 7.53.